The van der Waals surface area contributed by atoms with Crippen molar-refractivity contribution in [2.45, 2.75) is 12.8 Å². The fourth-order valence-electron chi connectivity index (χ4n) is 3.76. The molecular formula is C22H17ClF2N4O. The highest BCUT2D eigenvalue weighted by atomic mass is 35.5. The molecule has 1 amide bonds. The van der Waals surface area contributed by atoms with Crippen LogP contribution in [0.25, 0.3) is 10.9 Å². The molecule has 5 nitrogen and oxygen atoms in total. The standard InChI is InChI=1S/C22H17ClF2N4O/c23-15-1-4-20-17(9-15)21(14(11-26)12-27-20)29-7-5-13(6-8-29)22(30)28-16-2-3-18(24)19(25)10-16/h1-4,9-10,12-13H,5-8H2,(H,28,30). The Balaban J connectivity index is 1.51. The normalized spacial score (nSPS) is 14.5. The molecule has 0 spiro atoms. The first-order valence-corrected chi connectivity index (χ1v) is 9.83. The molecule has 3 aromatic rings. The minimum atomic E-state index is -1.00. The van der Waals surface area contributed by atoms with Crippen LogP contribution in [-0.2, 0) is 4.79 Å². The van der Waals surface area contributed by atoms with Gasteiger partial charge in [-0.3, -0.25) is 9.78 Å². The summed E-state index contributed by atoms with van der Waals surface area (Å²) in [5, 5.41) is 13.6. The highest BCUT2D eigenvalue weighted by Crippen LogP contribution is 2.34. The van der Waals surface area contributed by atoms with Crippen molar-refractivity contribution in [3.8, 4) is 6.07 Å². The van der Waals surface area contributed by atoms with Gasteiger partial charge in [0.15, 0.2) is 11.6 Å². The number of nitrogens with one attached hydrogen (secondary N) is 1. The lowest BCUT2D eigenvalue weighted by molar-refractivity contribution is -0.120. The van der Waals surface area contributed by atoms with Gasteiger partial charge in [0.05, 0.1) is 16.8 Å². The predicted molar refractivity (Wildman–Crippen MR) is 111 cm³/mol. The maximum atomic E-state index is 13.4. The van der Waals surface area contributed by atoms with Gasteiger partial charge in [-0.1, -0.05) is 11.6 Å². The second-order valence-electron chi connectivity index (χ2n) is 7.17. The number of amides is 1. The smallest absolute Gasteiger partial charge is 0.227 e. The maximum Gasteiger partial charge on any atom is 0.227 e. The van der Waals surface area contributed by atoms with Crippen LogP contribution in [0, 0.1) is 28.9 Å². The lowest BCUT2D eigenvalue weighted by Crippen LogP contribution is -2.38. The number of hydrogen-bond acceptors (Lipinski definition) is 4. The van der Waals surface area contributed by atoms with Crippen LogP contribution >= 0.6 is 11.6 Å². The summed E-state index contributed by atoms with van der Waals surface area (Å²) in [6.45, 7) is 1.13. The number of anilines is 2. The van der Waals surface area contributed by atoms with Gasteiger partial charge in [-0.05, 0) is 43.2 Å². The zero-order chi connectivity index (χ0) is 21.3. The molecule has 0 unspecified atom stereocenters. The summed E-state index contributed by atoms with van der Waals surface area (Å²) in [4.78, 5) is 19.0. The lowest BCUT2D eigenvalue weighted by Gasteiger charge is -2.34. The van der Waals surface area contributed by atoms with Gasteiger partial charge in [-0.2, -0.15) is 5.26 Å². The zero-order valence-corrected chi connectivity index (χ0v) is 16.6. The van der Waals surface area contributed by atoms with E-state index >= 15 is 0 Å². The number of benzene rings is 2. The summed E-state index contributed by atoms with van der Waals surface area (Å²) in [6.07, 6.45) is 2.67. The minimum Gasteiger partial charge on any atom is -0.370 e. The van der Waals surface area contributed by atoms with E-state index in [2.05, 4.69) is 21.3 Å². The van der Waals surface area contributed by atoms with Crippen LogP contribution in [-0.4, -0.2) is 24.0 Å². The Kier molecular flexibility index (Phi) is 5.51. The van der Waals surface area contributed by atoms with Crippen LogP contribution in [0.2, 0.25) is 5.02 Å². The Morgan fingerprint density at radius 1 is 1.17 bits per heavy atom. The van der Waals surface area contributed by atoms with Crippen LogP contribution in [0.4, 0.5) is 20.2 Å². The molecule has 1 aliphatic rings. The van der Waals surface area contributed by atoms with Crippen LogP contribution < -0.4 is 10.2 Å². The van der Waals surface area contributed by atoms with E-state index in [9.17, 15) is 18.8 Å². The van der Waals surface area contributed by atoms with Crippen LogP contribution in [0.3, 0.4) is 0 Å². The first kappa shape index (κ1) is 20.0. The first-order valence-electron chi connectivity index (χ1n) is 9.45. The van der Waals surface area contributed by atoms with Crippen molar-refractivity contribution in [2.75, 3.05) is 23.3 Å². The first-order chi connectivity index (χ1) is 14.5. The molecule has 0 saturated carbocycles. The summed E-state index contributed by atoms with van der Waals surface area (Å²) in [5.74, 6) is -2.46. The molecule has 0 aliphatic carbocycles. The Bertz CT molecular complexity index is 1170. The predicted octanol–water partition coefficient (Wildman–Crippen LogP) is 4.89. The SMILES string of the molecule is N#Cc1cnc2ccc(Cl)cc2c1N1CCC(C(=O)Nc2ccc(F)c(F)c2)CC1. The van der Waals surface area contributed by atoms with Crippen molar-refractivity contribution in [1.29, 1.82) is 5.26 Å². The number of carbonyl (C=O) groups is 1. The number of nitrogens with zero attached hydrogens (tertiary/aromatic N) is 3. The average Bonchev–Trinajstić information content (AvgIpc) is 2.75. The zero-order valence-electron chi connectivity index (χ0n) is 15.8. The number of halogens is 3. The summed E-state index contributed by atoms with van der Waals surface area (Å²) in [5.41, 5.74) is 2.19. The van der Waals surface area contributed by atoms with Crippen molar-refractivity contribution in [3.05, 3.63) is 64.8 Å². The van der Waals surface area contributed by atoms with Crippen molar-refractivity contribution < 1.29 is 13.6 Å². The second kappa shape index (κ2) is 8.25. The Morgan fingerprint density at radius 2 is 1.93 bits per heavy atom. The molecule has 2 aromatic carbocycles. The molecule has 0 bridgehead atoms. The second-order valence-corrected chi connectivity index (χ2v) is 7.61. The highest BCUT2D eigenvalue weighted by Gasteiger charge is 2.27. The van der Waals surface area contributed by atoms with E-state index in [-0.39, 0.29) is 17.5 Å². The molecule has 2 heterocycles. The molecular weight excluding hydrogens is 410 g/mol. The van der Waals surface area contributed by atoms with E-state index in [1.807, 2.05) is 6.07 Å². The van der Waals surface area contributed by atoms with Gasteiger partial charge in [0.2, 0.25) is 5.91 Å². The quantitative estimate of drug-likeness (QED) is 0.647. The third-order valence-electron chi connectivity index (χ3n) is 5.29. The number of aromatic nitrogens is 1. The number of fused-ring (bicyclic) bond motifs is 1. The molecule has 0 radical (unpaired) electrons. The molecule has 1 aromatic heterocycles. The van der Waals surface area contributed by atoms with Crippen LogP contribution in [0.5, 0.6) is 0 Å². The van der Waals surface area contributed by atoms with Crippen molar-refractivity contribution in [2.24, 2.45) is 5.92 Å². The largest absolute Gasteiger partial charge is 0.370 e. The Hall–Kier alpha value is -3.24. The summed E-state index contributed by atoms with van der Waals surface area (Å²) in [6, 6.07) is 10.8. The van der Waals surface area contributed by atoms with E-state index in [4.69, 9.17) is 11.6 Å². The molecule has 152 valence electrons. The number of pyridine rings is 1. The van der Waals surface area contributed by atoms with Crippen LogP contribution in [0.15, 0.2) is 42.6 Å². The van der Waals surface area contributed by atoms with Gasteiger partial charge >= 0.3 is 0 Å². The van der Waals surface area contributed by atoms with E-state index in [1.165, 1.54) is 6.07 Å². The molecule has 1 fully saturated rings. The minimum absolute atomic E-state index is 0.225. The van der Waals surface area contributed by atoms with E-state index in [1.54, 1.807) is 18.3 Å². The average molecular weight is 427 g/mol. The summed E-state index contributed by atoms with van der Waals surface area (Å²) < 4.78 is 26.4. The number of piperidine rings is 1. The number of rotatable bonds is 3. The fraction of sp³-hybridized carbons (Fsp3) is 0.227. The lowest BCUT2D eigenvalue weighted by atomic mass is 9.94. The van der Waals surface area contributed by atoms with E-state index in [0.29, 0.717) is 36.5 Å². The van der Waals surface area contributed by atoms with Crippen molar-refractivity contribution in [3.63, 3.8) is 0 Å². The van der Waals surface area contributed by atoms with Crippen molar-refractivity contribution in [1.82, 2.24) is 4.98 Å². The van der Waals surface area contributed by atoms with Gasteiger partial charge in [-0.15, -0.1) is 0 Å². The third kappa shape index (κ3) is 3.91. The number of carbonyl (C=O) groups excluding carboxylic acids is 1. The Morgan fingerprint density at radius 3 is 2.63 bits per heavy atom. The number of nitriles is 1. The van der Waals surface area contributed by atoms with E-state index < -0.39 is 11.6 Å². The summed E-state index contributed by atoms with van der Waals surface area (Å²) >= 11 is 6.16. The molecule has 1 N–H and O–H groups in total. The molecule has 30 heavy (non-hydrogen) atoms. The van der Waals surface area contributed by atoms with Gasteiger partial charge in [0.1, 0.15) is 6.07 Å². The maximum absolute atomic E-state index is 13.4. The third-order valence-corrected chi connectivity index (χ3v) is 5.53. The molecule has 4 rings (SSSR count). The van der Waals surface area contributed by atoms with Gasteiger partial charge in [0.25, 0.3) is 0 Å². The van der Waals surface area contributed by atoms with Crippen LogP contribution in [0.1, 0.15) is 18.4 Å². The van der Waals surface area contributed by atoms with Gasteiger partial charge < -0.3 is 10.2 Å². The van der Waals surface area contributed by atoms with E-state index in [0.717, 1.165) is 28.7 Å². The molecule has 1 aliphatic heterocycles. The Labute approximate surface area is 176 Å². The number of hydrogen-bond donors (Lipinski definition) is 1. The van der Waals surface area contributed by atoms with Gasteiger partial charge in [0, 0.05) is 47.4 Å². The van der Waals surface area contributed by atoms with Crippen molar-refractivity contribution >= 4 is 39.8 Å². The van der Waals surface area contributed by atoms with Gasteiger partial charge in [-0.25, -0.2) is 8.78 Å². The highest BCUT2D eigenvalue weighted by molar-refractivity contribution is 6.31. The molecule has 0 atom stereocenters. The molecule has 1 saturated heterocycles. The molecule has 8 heteroatoms. The topological polar surface area (TPSA) is 69.0 Å². The fourth-order valence-corrected chi connectivity index (χ4v) is 3.93. The monoisotopic (exact) mass is 426 g/mol. The summed E-state index contributed by atoms with van der Waals surface area (Å²) in [7, 11) is 0.